The van der Waals surface area contributed by atoms with Crippen LogP contribution in [0.15, 0.2) is 42.7 Å². The summed E-state index contributed by atoms with van der Waals surface area (Å²) >= 11 is 0. The molecule has 0 saturated carbocycles. The maximum absolute atomic E-state index is 16.7. The normalized spacial score (nSPS) is 18.7. The number of aromatic amines is 1. The summed E-state index contributed by atoms with van der Waals surface area (Å²) in [7, 11) is 0.643. The van der Waals surface area contributed by atoms with E-state index in [0.717, 1.165) is 0 Å². The van der Waals surface area contributed by atoms with Crippen LogP contribution in [-0.4, -0.2) is 106 Å². The number of hydrogen-bond acceptors (Lipinski definition) is 8. The molecule has 0 aliphatic carbocycles. The van der Waals surface area contributed by atoms with Crippen molar-refractivity contribution in [3.05, 3.63) is 71.3 Å². The molecule has 12 nitrogen and oxygen atoms in total. The van der Waals surface area contributed by atoms with Crippen LogP contribution in [0.25, 0.3) is 16.5 Å². The van der Waals surface area contributed by atoms with Gasteiger partial charge >= 0.3 is 7.12 Å². The number of methoxy groups -OCH3 is 1. The third-order valence-electron chi connectivity index (χ3n) is 10.8. The molecular weight excluding hydrogens is 671 g/mol. The molecule has 2 fully saturated rings. The van der Waals surface area contributed by atoms with Crippen molar-refractivity contribution in [2.45, 2.75) is 65.2 Å². The number of H-pyrrole nitrogens is 1. The van der Waals surface area contributed by atoms with Gasteiger partial charge in [0.2, 0.25) is 5.91 Å². The molecule has 0 spiro atoms. The first kappa shape index (κ1) is 35.6. The number of carbonyl (C=O) groups excluding carboxylic acids is 2. The van der Waals surface area contributed by atoms with Crippen molar-refractivity contribution in [3.63, 3.8) is 0 Å². The van der Waals surface area contributed by atoms with Gasteiger partial charge in [0.25, 0.3) is 5.91 Å². The smallest absolute Gasteiger partial charge is 0.493 e. The van der Waals surface area contributed by atoms with Crippen molar-refractivity contribution in [2.24, 2.45) is 0 Å². The zero-order valence-corrected chi connectivity index (χ0v) is 30.5. The van der Waals surface area contributed by atoms with E-state index >= 15 is 4.39 Å². The summed E-state index contributed by atoms with van der Waals surface area (Å²) in [6, 6.07) is 6.55. The van der Waals surface area contributed by atoms with E-state index in [9.17, 15) is 14.0 Å². The summed E-state index contributed by atoms with van der Waals surface area (Å²) in [6.45, 7) is 12.3. The first-order valence-electron chi connectivity index (χ1n) is 17.7. The molecule has 6 heterocycles. The van der Waals surface area contributed by atoms with E-state index in [-0.39, 0.29) is 41.7 Å². The Morgan fingerprint density at radius 3 is 2.42 bits per heavy atom. The Kier molecular flexibility index (Phi) is 9.36. The average Bonchev–Trinajstić information content (AvgIpc) is 3.86. The van der Waals surface area contributed by atoms with Crippen LogP contribution in [0.5, 0.6) is 5.75 Å². The largest absolute Gasteiger partial charge is 0.495 e. The molecule has 15 heteroatoms. The number of anilines is 1. The molecule has 0 unspecified atom stereocenters. The molecule has 2 amide bonds. The van der Waals surface area contributed by atoms with Crippen LogP contribution in [-0.2, 0) is 20.6 Å². The number of benzene rings is 1. The molecule has 3 aromatic heterocycles. The molecule has 0 bridgehead atoms. The van der Waals surface area contributed by atoms with Gasteiger partial charge in [-0.3, -0.25) is 14.3 Å². The highest BCUT2D eigenvalue weighted by Crippen LogP contribution is 2.38. The zero-order chi connectivity index (χ0) is 36.9. The number of halogens is 2. The summed E-state index contributed by atoms with van der Waals surface area (Å²) in [5, 5.41) is 4.67. The van der Waals surface area contributed by atoms with Gasteiger partial charge in [-0.25, -0.2) is 13.8 Å². The predicted molar refractivity (Wildman–Crippen MR) is 194 cm³/mol. The molecule has 0 radical (unpaired) electrons. The fourth-order valence-electron chi connectivity index (χ4n) is 6.97. The quantitative estimate of drug-likeness (QED) is 0.268. The maximum Gasteiger partial charge on any atom is 0.495 e. The summed E-state index contributed by atoms with van der Waals surface area (Å²) < 4.78 is 50.9. The minimum Gasteiger partial charge on any atom is -0.493 e. The molecule has 0 atom stereocenters. The maximum atomic E-state index is 16.7. The summed E-state index contributed by atoms with van der Waals surface area (Å²) in [6.07, 6.45) is 6.31. The molecule has 274 valence electrons. The van der Waals surface area contributed by atoms with E-state index in [0.29, 0.717) is 79.2 Å². The van der Waals surface area contributed by atoms with Crippen LogP contribution < -0.4 is 15.1 Å². The first-order chi connectivity index (χ1) is 24.8. The minimum atomic E-state index is -0.827. The number of ether oxygens (including phenoxy) is 1. The van der Waals surface area contributed by atoms with Gasteiger partial charge in [-0.05, 0) is 64.2 Å². The Bertz CT molecular complexity index is 2020. The van der Waals surface area contributed by atoms with Gasteiger partial charge in [0.1, 0.15) is 11.5 Å². The van der Waals surface area contributed by atoms with Crippen molar-refractivity contribution < 1.29 is 32.4 Å². The van der Waals surface area contributed by atoms with Gasteiger partial charge in [-0.15, -0.1) is 0 Å². The van der Waals surface area contributed by atoms with E-state index in [1.54, 1.807) is 39.7 Å². The van der Waals surface area contributed by atoms with Gasteiger partial charge in [-0.1, -0.05) is 12.1 Å². The van der Waals surface area contributed by atoms with Crippen LogP contribution in [0, 0.1) is 18.6 Å². The minimum absolute atomic E-state index is 0.0367. The van der Waals surface area contributed by atoms with Gasteiger partial charge in [0, 0.05) is 81.6 Å². The van der Waals surface area contributed by atoms with Gasteiger partial charge in [0.15, 0.2) is 17.4 Å². The molecule has 52 heavy (non-hydrogen) atoms. The highest BCUT2D eigenvalue weighted by molar-refractivity contribution is 6.65. The van der Waals surface area contributed by atoms with Crippen molar-refractivity contribution in [2.75, 3.05) is 51.3 Å². The zero-order valence-electron chi connectivity index (χ0n) is 30.5. The third-order valence-corrected chi connectivity index (χ3v) is 10.8. The van der Waals surface area contributed by atoms with E-state index < -0.39 is 30.0 Å². The fourth-order valence-corrected chi connectivity index (χ4v) is 6.97. The number of fused-ring (bicyclic) bond motifs is 1. The van der Waals surface area contributed by atoms with Crippen molar-refractivity contribution >= 4 is 46.7 Å². The fraction of sp³-hybridized carbons (Fsp3) is 0.459. The lowest BCUT2D eigenvalue weighted by molar-refractivity contribution is -0.131. The van der Waals surface area contributed by atoms with Crippen LogP contribution in [0.3, 0.4) is 0 Å². The molecule has 1 aromatic carbocycles. The van der Waals surface area contributed by atoms with Gasteiger partial charge in [0.05, 0.1) is 29.5 Å². The number of aryl methyl sites for hydroxylation is 2. The number of pyridine rings is 1. The lowest BCUT2D eigenvalue weighted by atomic mass is 9.75. The number of nitrogens with zero attached hydrogens (tertiary/aromatic N) is 6. The molecule has 7 rings (SSSR count). The van der Waals surface area contributed by atoms with E-state index in [4.69, 9.17) is 14.0 Å². The topological polar surface area (TPSA) is 118 Å². The second-order valence-electron chi connectivity index (χ2n) is 14.6. The number of hydrogen-bond donors (Lipinski definition) is 1. The monoisotopic (exact) mass is 715 g/mol. The Balaban J connectivity index is 1.17. The van der Waals surface area contributed by atoms with E-state index in [1.807, 2.05) is 50.9 Å². The summed E-state index contributed by atoms with van der Waals surface area (Å²) in [4.78, 5) is 40.1. The Labute approximate surface area is 301 Å². The van der Waals surface area contributed by atoms with Crippen LogP contribution in [0.4, 0.5) is 14.6 Å². The van der Waals surface area contributed by atoms with E-state index in [2.05, 4.69) is 15.1 Å². The van der Waals surface area contributed by atoms with Crippen molar-refractivity contribution in [1.82, 2.24) is 29.5 Å². The predicted octanol–water partition coefficient (Wildman–Crippen LogP) is 4.32. The van der Waals surface area contributed by atoms with E-state index in [1.165, 1.54) is 13.2 Å². The number of nitrogens with one attached hydrogen (secondary N) is 1. The third kappa shape index (κ3) is 6.55. The molecule has 2 saturated heterocycles. The molecule has 3 aliphatic rings. The Hall–Kier alpha value is -4.76. The number of piperazine rings is 1. The second kappa shape index (κ2) is 13.7. The van der Waals surface area contributed by atoms with Crippen molar-refractivity contribution in [1.29, 1.82) is 0 Å². The molecule has 4 aromatic rings. The van der Waals surface area contributed by atoms with Crippen molar-refractivity contribution in [3.8, 4) is 5.75 Å². The number of amides is 2. The van der Waals surface area contributed by atoms with Gasteiger partial charge < -0.3 is 33.7 Å². The average molecular weight is 716 g/mol. The Morgan fingerprint density at radius 1 is 1.02 bits per heavy atom. The first-order valence-corrected chi connectivity index (χ1v) is 17.7. The standard InChI is InChI=1S/C37H44BF2N7O5/c1-23-28(39)21-30(50-6)34(42-23)44-15-17-45(18-16-44)35(49)29-20-26-27(38-51-36(2,3)37(4,5)52-38)19-25(32(40)33(26)43-29)24-9-7-12-46(22-24)31(48)10-14-47-13-8-11-41-47/h8-9,11,13,19-21,43H,7,10,12,14-18,22H2,1-6H3. The van der Waals surface area contributed by atoms with Crippen LogP contribution >= 0.6 is 0 Å². The van der Waals surface area contributed by atoms with Crippen LogP contribution in [0.1, 0.15) is 62.3 Å². The number of rotatable bonds is 8. The second-order valence-corrected chi connectivity index (χ2v) is 14.6. The molecule has 1 N–H and O–H groups in total. The summed E-state index contributed by atoms with van der Waals surface area (Å²) in [5.41, 5.74) is 0.951. The highest BCUT2D eigenvalue weighted by atomic mass is 19.1. The number of carbonyl (C=O) groups is 2. The lowest BCUT2D eigenvalue weighted by Crippen LogP contribution is -2.49. The molecular formula is C37H44BF2N7O5. The van der Waals surface area contributed by atoms with Gasteiger partial charge in [-0.2, -0.15) is 5.10 Å². The van der Waals surface area contributed by atoms with Crippen LogP contribution in [0.2, 0.25) is 0 Å². The number of aromatic nitrogens is 4. The Morgan fingerprint density at radius 2 is 1.75 bits per heavy atom. The summed E-state index contributed by atoms with van der Waals surface area (Å²) in [5.74, 6) is -0.425. The SMILES string of the molecule is COc1cc(F)c(C)nc1N1CCN(C(=O)c2cc3c(B4OC(C)(C)C(C)(C)O4)cc(C4=CCCN(C(=O)CCn5cccn5)C4)c(F)c3[nH]2)CC1. The lowest BCUT2D eigenvalue weighted by Gasteiger charge is -2.35. The molecule has 3 aliphatic heterocycles. The highest BCUT2D eigenvalue weighted by Gasteiger charge is 2.52.